The van der Waals surface area contributed by atoms with Crippen molar-refractivity contribution in [1.82, 2.24) is 10.6 Å². The molecule has 2 fully saturated rings. The summed E-state index contributed by atoms with van der Waals surface area (Å²) in [5.74, 6) is 0.482. The van der Waals surface area contributed by atoms with E-state index in [-0.39, 0.29) is 23.9 Å². The van der Waals surface area contributed by atoms with Gasteiger partial charge in [-0.2, -0.15) is 5.26 Å². The normalized spacial score (nSPS) is 25.1. The highest BCUT2D eigenvalue weighted by molar-refractivity contribution is 5.89. The van der Waals surface area contributed by atoms with Crippen molar-refractivity contribution >= 4 is 11.7 Å². The average Bonchev–Trinajstić information content (AvgIpc) is 2.83. The minimum Gasteiger partial charge on any atom is -0.334 e. The van der Waals surface area contributed by atoms with Crippen LogP contribution in [0.15, 0.2) is 48.5 Å². The van der Waals surface area contributed by atoms with Crippen LogP contribution in [-0.4, -0.2) is 24.2 Å². The van der Waals surface area contributed by atoms with E-state index in [0.29, 0.717) is 23.2 Å². The summed E-state index contributed by atoms with van der Waals surface area (Å²) in [6.07, 6.45) is 10.0. The fraction of sp³-hybridized carbons (Fsp3) is 0.481. The summed E-state index contributed by atoms with van der Waals surface area (Å²) < 4.78 is 13.1. The summed E-state index contributed by atoms with van der Waals surface area (Å²) in [7, 11) is 0. The van der Waals surface area contributed by atoms with E-state index in [2.05, 4.69) is 22.0 Å². The molecule has 2 aromatic rings. The van der Waals surface area contributed by atoms with Crippen LogP contribution in [0, 0.1) is 23.1 Å². The molecule has 2 aromatic carbocycles. The monoisotopic (exact) mass is 448 g/mol. The molecule has 0 saturated heterocycles. The number of halogens is 1. The van der Waals surface area contributed by atoms with Gasteiger partial charge in [-0.15, -0.1) is 0 Å². The Balaban J connectivity index is 1.25. The average molecular weight is 449 g/mol. The molecule has 0 spiro atoms. The van der Waals surface area contributed by atoms with Crippen LogP contribution in [-0.2, 0) is 6.42 Å². The van der Waals surface area contributed by atoms with Crippen molar-refractivity contribution in [3.8, 4) is 6.07 Å². The molecule has 4 rings (SSSR count). The highest BCUT2D eigenvalue weighted by Crippen LogP contribution is 2.29. The van der Waals surface area contributed by atoms with Gasteiger partial charge >= 0.3 is 6.03 Å². The fourth-order valence-electron chi connectivity index (χ4n) is 5.29. The van der Waals surface area contributed by atoms with Crippen molar-refractivity contribution < 1.29 is 9.18 Å². The predicted molar refractivity (Wildman–Crippen MR) is 128 cm³/mol. The van der Waals surface area contributed by atoms with Crippen LogP contribution in [0.3, 0.4) is 0 Å². The first-order chi connectivity index (χ1) is 16.1. The van der Waals surface area contributed by atoms with Gasteiger partial charge in [0.2, 0.25) is 0 Å². The third-order valence-electron chi connectivity index (χ3n) is 7.07. The van der Waals surface area contributed by atoms with Gasteiger partial charge in [-0.25, -0.2) is 9.18 Å². The van der Waals surface area contributed by atoms with Gasteiger partial charge in [0.25, 0.3) is 0 Å². The largest absolute Gasteiger partial charge is 0.334 e. The van der Waals surface area contributed by atoms with Crippen LogP contribution in [0.2, 0.25) is 0 Å². The summed E-state index contributed by atoms with van der Waals surface area (Å²) in [6, 6.07) is 16.6. The number of anilines is 1. The van der Waals surface area contributed by atoms with E-state index in [0.717, 1.165) is 38.5 Å². The number of nitrogens with one attached hydrogen (secondary N) is 3. The van der Waals surface area contributed by atoms with E-state index in [4.69, 9.17) is 5.26 Å². The minimum atomic E-state index is -0.216. The fourth-order valence-corrected chi connectivity index (χ4v) is 5.29. The Morgan fingerprint density at radius 1 is 0.970 bits per heavy atom. The first-order valence-electron chi connectivity index (χ1n) is 12.2. The second kappa shape index (κ2) is 11.3. The Labute approximate surface area is 195 Å². The van der Waals surface area contributed by atoms with Crippen LogP contribution in [0.25, 0.3) is 0 Å². The molecule has 3 N–H and O–H groups in total. The van der Waals surface area contributed by atoms with E-state index in [9.17, 15) is 9.18 Å². The van der Waals surface area contributed by atoms with E-state index in [1.54, 1.807) is 36.4 Å². The van der Waals surface area contributed by atoms with Crippen molar-refractivity contribution in [1.29, 1.82) is 5.26 Å². The van der Waals surface area contributed by atoms with E-state index < -0.39 is 0 Å². The van der Waals surface area contributed by atoms with Crippen LogP contribution in [0.1, 0.15) is 62.5 Å². The highest BCUT2D eigenvalue weighted by atomic mass is 19.1. The van der Waals surface area contributed by atoms with Gasteiger partial charge in [-0.1, -0.05) is 31.0 Å². The highest BCUT2D eigenvalue weighted by Gasteiger charge is 2.30. The third-order valence-corrected chi connectivity index (χ3v) is 7.07. The van der Waals surface area contributed by atoms with E-state index in [1.165, 1.54) is 24.8 Å². The molecule has 0 radical (unpaired) electrons. The Morgan fingerprint density at radius 3 is 2.42 bits per heavy atom. The molecule has 2 aliphatic rings. The van der Waals surface area contributed by atoms with Crippen LogP contribution in [0.5, 0.6) is 0 Å². The molecule has 6 heteroatoms. The Kier molecular flexibility index (Phi) is 7.96. The number of nitriles is 1. The summed E-state index contributed by atoms with van der Waals surface area (Å²) in [6.45, 7) is 0. The maximum Gasteiger partial charge on any atom is 0.319 e. The first kappa shape index (κ1) is 23.3. The zero-order chi connectivity index (χ0) is 23.0. The molecular formula is C27H33FN4O. The molecule has 2 atom stereocenters. The Hall–Kier alpha value is -2.91. The molecule has 0 heterocycles. The third kappa shape index (κ3) is 6.79. The number of carbonyl (C=O) groups is 1. The lowest BCUT2D eigenvalue weighted by Crippen LogP contribution is -2.55. The summed E-state index contributed by atoms with van der Waals surface area (Å²) >= 11 is 0. The SMILES string of the molecule is N#Cc1cccc(NC(=O)N[C@@H]2CCCC[C@H]2NC2CCC(Cc3ccc(F)cc3)CC2)c1. The zero-order valence-corrected chi connectivity index (χ0v) is 19.0. The van der Waals surface area contributed by atoms with Gasteiger partial charge in [0, 0.05) is 23.8 Å². The van der Waals surface area contributed by atoms with Crippen LogP contribution < -0.4 is 16.0 Å². The maximum atomic E-state index is 13.1. The molecule has 5 nitrogen and oxygen atoms in total. The van der Waals surface area contributed by atoms with E-state index in [1.807, 2.05) is 12.1 Å². The Morgan fingerprint density at radius 2 is 1.70 bits per heavy atom. The number of benzene rings is 2. The maximum absolute atomic E-state index is 13.1. The predicted octanol–water partition coefficient (Wildman–Crippen LogP) is 5.52. The number of carbonyl (C=O) groups excluding carboxylic acids is 1. The lowest BCUT2D eigenvalue weighted by atomic mass is 9.81. The number of hydrogen-bond acceptors (Lipinski definition) is 3. The minimum absolute atomic E-state index is 0.106. The van der Waals surface area contributed by atoms with Crippen molar-refractivity contribution in [3.05, 3.63) is 65.5 Å². The van der Waals surface area contributed by atoms with Gasteiger partial charge in [0.15, 0.2) is 0 Å². The molecule has 2 aliphatic carbocycles. The standard InChI is InChI=1S/C27H33FN4O/c28-22-12-8-19(9-13-22)16-20-10-14-23(15-11-20)30-25-6-1-2-7-26(25)32-27(33)31-24-5-3-4-21(17-24)18-29/h3-5,8-9,12-13,17,20,23,25-26,30H,1-2,6-7,10-11,14-16H2,(H2,31,32,33)/t20?,23?,25-,26-/m1/s1. The van der Waals surface area contributed by atoms with Crippen molar-refractivity contribution in [2.75, 3.05) is 5.32 Å². The topological polar surface area (TPSA) is 77.0 Å². The molecular weight excluding hydrogens is 415 g/mol. The van der Waals surface area contributed by atoms with Crippen molar-refractivity contribution in [2.45, 2.75) is 75.9 Å². The number of urea groups is 1. The van der Waals surface area contributed by atoms with Gasteiger partial charge in [0.1, 0.15) is 5.82 Å². The van der Waals surface area contributed by atoms with Crippen molar-refractivity contribution in [3.63, 3.8) is 0 Å². The lowest BCUT2D eigenvalue weighted by molar-refractivity contribution is 0.212. The first-order valence-corrected chi connectivity index (χ1v) is 12.2. The van der Waals surface area contributed by atoms with Gasteiger partial charge in [0.05, 0.1) is 11.6 Å². The van der Waals surface area contributed by atoms with Crippen LogP contribution >= 0.6 is 0 Å². The molecule has 0 aliphatic heterocycles. The lowest BCUT2D eigenvalue weighted by Gasteiger charge is -2.38. The molecule has 33 heavy (non-hydrogen) atoms. The summed E-state index contributed by atoms with van der Waals surface area (Å²) in [5.41, 5.74) is 2.38. The van der Waals surface area contributed by atoms with Crippen LogP contribution in [0.4, 0.5) is 14.9 Å². The summed E-state index contributed by atoms with van der Waals surface area (Å²) in [5, 5.41) is 18.9. The Bertz CT molecular complexity index is 963. The quantitative estimate of drug-likeness (QED) is 0.544. The van der Waals surface area contributed by atoms with Gasteiger partial charge in [-0.05, 0) is 86.8 Å². The van der Waals surface area contributed by atoms with Gasteiger partial charge in [-0.3, -0.25) is 0 Å². The number of nitrogens with zero attached hydrogens (tertiary/aromatic N) is 1. The molecule has 0 aromatic heterocycles. The number of rotatable bonds is 6. The van der Waals surface area contributed by atoms with Crippen molar-refractivity contribution in [2.24, 2.45) is 5.92 Å². The molecule has 0 bridgehead atoms. The smallest absolute Gasteiger partial charge is 0.319 e. The molecule has 174 valence electrons. The zero-order valence-electron chi connectivity index (χ0n) is 19.0. The van der Waals surface area contributed by atoms with Gasteiger partial charge < -0.3 is 16.0 Å². The summed E-state index contributed by atoms with van der Waals surface area (Å²) in [4.78, 5) is 12.6. The molecule has 0 unspecified atom stereocenters. The molecule has 2 amide bonds. The van der Waals surface area contributed by atoms with E-state index >= 15 is 0 Å². The second-order valence-electron chi connectivity index (χ2n) is 9.50. The molecule has 2 saturated carbocycles. The second-order valence-corrected chi connectivity index (χ2v) is 9.50. The number of amides is 2. The number of hydrogen-bond donors (Lipinski definition) is 3.